The molecule has 1 aliphatic heterocycles. The minimum absolute atomic E-state index is 0.230. The van der Waals surface area contributed by atoms with Gasteiger partial charge in [0.1, 0.15) is 5.70 Å². The molecule has 0 fully saturated rings. The molecule has 5 rings (SSSR count). The average Bonchev–Trinajstić information content (AvgIpc) is 3.04. The largest absolute Gasteiger partial charge is 0.350 e. The zero-order valence-corrected chi connectivity index (χ0v) is 18.6. The van der Waals surface area contributed by atoms with Crippen molar-refractivity contribution in [2.24, 2.45) is 0 Å². The van der Waals surface area contributed by atoms with Gasteiger partial charge in [-0.05, 0) is 42.0 Å². The zero-order chi connectivity index (χ0) is 22.9. The molecule has 0 bridgehead atoms. The number of nitrogens with zero attached hydrogens (tertiary/aromatic N) is 1. The molecular formula is C29H24N2O2. The molecule has 0 saturated carbocycles. The fraction of sp³-hybridized carbons (Fsp3) is 0.103. The highest BCUT2D eigenvalue weighted by Crippen LogP contribution is 2.35. The van der Waals surface area contributed by atoms with E-state index in [0.29, 0.717) is 11.3 Å². The fourth-order valence-electron chi connectivity index (χ4n) is 4.41. The van der Waals surface area contributed by atoms with E-state index in [4.69, 9.17) is 0 Å². The molecule has 162 valence electrons. The molecule has 1 aliphatic rings. The molecule has 0 atom stereocenters. The molecule has 4 nitrogen and oxygen atoms in total. The van der Waals surface area contributed by atoms with Crippen LogP contribution in [0.2, 0.25) is 0 Å². The van der Waals surface area contributed by atoms with Gasteiger partial charge in [-0.25, -0.2) is 0 Å². The van der Waals surface area contributed by atoms with Crippen LogP contribution in [0.4, 0.5) is 5.69 Å². The van der Waals surface area contributed by atoms with Gasteiger partial charge in [0.15, 0.2) is 0 Å². The quantitative estimate of drug-likeness (QED) is 0.403. The Morgan fingerprint density at radius 2 is 1.48 bits per heavy atom. The summed E-state index contributed by atoms with van der Waals surface area (Å²) in [5.74, 6) is -0.592. The normalized spacial score (nSPS) is 13.8. The van der Waals surface area contributed by atoms with Crippen LogP contribution in [0.3, 0.4) is 0 Å². The van der Waals surface area contributed by atoms with Crippen molar-refractivity contribution in [3.05, 3.63) is 119 Å². The number of fused-ring (bicyclic) bond motifs is 1. The minimum Gasteiger partial charge on any atom is -0.350 e. The van der Waals surface area contributed by atoms with Crippen molar-refractivity contribution < 1.29 is 9.59 Å². The zero-order valence-electron chi connectivity index (χ0n) is 18.6. The first kappa shape index (κ1) is 20.7. The third-order valence-corrected chi connectivity index (χ3v) is 6.05. The number of hydrogen-bond donors (Lipinski definition) is 1. The Kier molecular flexibility index (Phi) is 5.27. The van der Waals surface area contributed by atoms with Crippen molar-refractivity contribution in [1.82, 2.24) is 4.90 Å². The van der Waals surface area contributed by atoms with Gasteiger partial charge in [0.2, 0.25) is 0 Å². The van der Waals surface area contributed by atoms with Gasteiger partial charge in [-0.1, -0.05) is 90.5 Å². The van der Waals surface area contributed by atoms with Gasteiger partial charge < -0.3 is 5.32 Å². The van der Waals surface area contributed by atoms with E-state index < -0.39 is 0 Å². The molecule has 1 heterocycles. The van der Waals surface area contributed by atoms with E-state index in [1.54, 1.807) is 0 Å². The van der Waals surface area contributed by atoms with Crippen molar-refractivity contribution in [2.75, 3.05) is 5.32 Å². The Bertz CT molecular complexity index is 1420. The van der Waals surface area contributed by atoms with Crippen molar-refractivity contribution in [3.63, 3.8) is 0 Å². The number of anilines is 1. The van der Waals surface area contributed by atoms with Gasteiger partial charge in [-0.3, -0.25) is 14.5 Å². The van der Waals surface area contributed by atoms with Gasteiger partial charge in [0.05, 0.1) is 12.1 Å². The molecule has 1 N–H and O–H groups in total. The first-order valence-electron chi connectivity index (χ1n) is 11.0. The summed E-state index contributed by atoms with van der Waals surface area (Å²) in [6.45, 7) is 4.22. The monoisotopic (exact) mass is 432 g/mol. The Hall–Kier alpha value is -4.18. The lowest BCUT2D eigenvalue weighted by atomic mass is 9.97. The van der Waals surface area contributed by atoms with Gasteiger partial charge >= 0.3 is 0 Å². The molecule has 0 saturated heterocycles. The van der Waals surface area contributed by atoms with Crippen LogP contribution in [0.1, 0.15) is 22.3 Å². The third-order valence-electron chi connectivity index (χ3n) is 6.05. The molecule has 4 aromatic carbocycles. The lowest BCUT2D eigenvalue weighted by Crippen LogP contribution is -2.32. The minimum atomic E-state index is -0.313. The first-order chi connectivity index (χ1) is 16.0. The molecule has 0 spiro atoms. The van der Waals surface area contributed by atoms with Crippen LogP contribution in [-0.2, 0) is 16.1 Å². The predicted octanol–water partition coefficient (Wildman–Crippen LogP) is 5.85. The van der Waals surface area contributed by atoms with E-state index >= 15 is 0 Å². The smallest absolute Gasteiger partial charge is 0.278 e. The summed E-state index contributed by atoms with van der Waals surface area (Å²) in [6, 6.07) is 29.4. The van der Waals surface area contributed by atoms with E-state index in [9.17, 15) is 9.59 Å². The summed E-state index contributed by atoms with van der Waals surface area (Å²) in [5.41, 5.74) is 5.29. The number of nitrogens with one attached hydrogen (secondary N) is 1. The summed E-state index contributed by atoms with van der Waals surface area (Å²) in [5, 5.41) is 5.40. The Morgan fingerprint density at radius 3 is 2.27 bits per heavy atom. The summed E-state index contributed by atoms with van der Waals surface area (Å²) >= 11 is 0. The number of carbonyl (C=O) groups excluding carboxylic acids is 2. The third kappa shape index (κ3) is 3.80. The summed E-state index contributed by atoms with van der Waals surface area (Å²) in [6.07, 6.45) is 0. The van der Waals surface area contributed by atoms with Crippen LogP contribution in [0.25, 0.3) is 16.3 Å². The van der Waals surface area contributed by atoms with Crippen LogP contribution in [0.15, 0.2) is 96.7 Å². The fourth-order valence-corrected chi connectivity index (χ4v) is 4.41. The number of hydrogen-bond acceptors (Lipinski definition) is 3. The highest BCUT2D eigenvalue weighted by molar-refractivity contribution is 6.36. The molecule has 0 aliphatic carbocycles. The lowest BCUT2D eigenvalue weighted by molar-refractivity contribution is -0.137. The lowest BCUT2D eigenvalue weighted by Gasteiger charge is -2.16. The van der Waals surface area contributed by atoms with Crippen molar-refractivity contribution in [2.45, 2.75) is 20.4 Å². The van der Waals surface area contributed by atoms with Gasteiger partial charge in [0, 0.05) is 11.1 Å². The SMILES string of the molecule is Cc1ccc(C2=C(Nc3cccc4ccccc34)C(=O)N(Cc3ccccc3)C2=O)c(C)c1. The number of imide groups is 1. The number of rotatable bonds is 5. The second-order valence-corrected chi connectivity index (χ2v) is 8.40. The summed E-state index contributed by atoms with van der Waals surface area (Å²) in [4.78, 5) is 28.6. The van der Waals surface area contributed by atoms with Gasteiger partial charge in [-0.2, -0.15) is 0 Å². The van der Waals surface area contributed by atoms with Crippen LogP contribution in [0, 0.1) is 13.8 Å². The van der Waals surface area contributed by atoms with Crippen molar-refractivity contribution in [1.29, 1.82) is 0 Å². The molecule has 0 unspecified atom stereocenters. The Morgan fingerprint density at radius 1 is 0.758 bits per heavy atom. The maximum Gasteiger partial charge on any atom is 0.278 e. The highest BCUT2D eigenvalue weighted by Gasteiger charge is 2.39. The topological polar surface area (TPSA) is 49.4 Å². The van der Waals surface area contributed by atoms with Crippen LogP contribution in [0.5, 0.6) is 0 Å². The number of aryl methyl sites for hydroxylation is 2. The standard InChI is InChI=1S/C29H24N2O2/c1-19-15-16-23(20(2)17-19)26-27(30-25-14-8-12-22-11-6-7-13-24(22)25)29(33)31(28(26)32)18-21-9-4-3-5-10-21/h3-17,30H,18H2,1-2H3. The van der Waals surface area contributed by atoms with E-state index in [1.807, 2.05) is 105 Å². The van der Waals surface area contributed by atoms with E-state index in [0.717, 1.165) is 38.7 Å². The number of benzene rings is 4. The Balaban J connectivity index is 1.63. The number of amides is 2. The number of carbonyl (C=O) groups is 2. The summed E-state index contributed by atoms with van der Waals surface area (Å²) < 4.78 is 0. The Labute approximate surface area is 193 Å². The van der Waals surface area contributed by atoms with E-state index in [2.05, 4.69) is 5.32 Å². The maximum absolute atomic E-state index is 13.6. The predicted molar refractivity (Wildman–Crippen MR) is 132 cm³/mol. The molecule has 0 aromatic heterocycles. The molecule has 4 heteroatoms. The van der Waals surface area contributed by atoms with Crippen molar-refractivity contribution >= 4 is 33.8 Å². The highest BCUT2D eigenvalue weighted by atomic mass is 16.2. The van der Waals surface area contributed by atoms with Gasteiger partial charge in [-0.15, -0.1) is 0 Å². The molecule has 4 aromatic rings. The second kappa shape index (κ2) is 8.40. The summed E-state index contributed by atoms with van der Waals surface area (Å²) in [7, 11) is 0. The van der Waals surface area contributed by atoms with Crippen LogP contribution < -0.4 is 5.32 Å². The molecule has 2 amide bonds. The molecule has 0 radical (unpaired) electrons. The molecule has 33 heavy (non-hydrogen) atoms. The maximum atomic E-state index is 13.6. The second-order valence-electron chi connectivity index (χ2n) is 8.40. The van der Waals surface area contributed by atoms with Crippen LogP contribution in [-0.4, -0.2) is 16.7 Å². The van der Waals surface area contributed by atoms with Crippen LogP contribution >= 0.6 is 0 Å². The van der Waals surface area contributed by atoms with E-state index in [1.165, 1.54) is 4.90 Å². The van der Waals surface area contributed by atoms with Crippen molar-refractivity contribution in [3.8, 4) is 0 Å². The van der Waals surface area contributed by atoms with E-state index in [-0.39, 0.29) is 18.4 Å². The van der Waals surface area contributed by atoms with Gasteiger partial charge in [0.25, 0.3) is 11.8 Å². The average molecular weight is 433 g/mol. The molecular weight excluding hydrogens is 408 g/mol. The first-order valence-corrected chi connectivity index (χ1v) is 11.0.